The number of hydrogen-bond donors (Lipinski definition) is 1. The summed E-state index contributed by atoms with van der Waals surface area (Å²) in [5.74, 6) is 0.987. The molecular formula is C13H21NO. The van der Waals surface area contributed by atoms with E-state index in [1.54, 1.807) is 0 Å². The first-order valence-corrected chi connectivity index (χ1v) is 5.57. The van der Waals surface area contributed by atoms with Crippen LogP contribution in [0.5, 0.6) is 5.75 Å². The minimum absolute atomic E-state index is 0.227. The van der Waals surface area contributed by atoms with Crippen molar-refractivity contribution < 1.29 is 4.74 Å². The van der Waals surface area contributed by atoms with E-state index in [0.717, 1.165) is 12.3 Å². The van der Waals surface area contributed by atoms with Gasteiger partial charge in [0, 0.05) is 18.2 Å². The van der Waals surface area contributed by atoms with Crippen molar-refractivity contribution >= 4 is 0 Å². The van der Waals surface area contributed by atoms with Crippen LogP contribution in [-0.2, 0) is 6.54 Å². The van der Waals surface area contributed by atoms with Crippen molar-refractivity contribution in [2.24, 2.45) is 0 Å². The summed E-state index contributed by atoms with van der Waals surface area (Å²) in [5, 5.41) is 3.40. The van der Waals surface area contributed by atoms with Crippen LogP contribution in [0.4, 0.5) is 0 Å². The lowest BCUT2D eigenvalue weighted by molar-refractivity contribution is 0.239. The van der Waals surface area contributed by atoms with E-state index in [-0.39, 0.29) is 6.10 Å². The molecule has 0 fully saturated rings. The van der Waals surface area contributed by atoms with Crippen LogP contribution in [0.15, 0.2) is 24.3 Å². The quantitative estimate of drug-likeness (QED) is 0.801. The molecule has 1 N–H and O–H groups in total. The molecule has 0 aliphatic rings. The lowest BCUT2D eigenvalue weighted by Gasteiger charge is -2.15. The van der Waals surface area contributed by atoms with Gasteiger partial charge in [-0.05, 0) is 19.9 Å². The Morgan fingerprint density at radius 2 is 1.80 bits per heavy atom. The van der Waals surface area contributed by atoms with E-state index in [1.165, 1.54) is 5.56 Å². The van der Waals surface area contributed by atoms with Crippen LogP contribution in [0, 0.1) is 0 Å². The van der Waals surface area contributed by atoms with Crippen molar-refractivity contribution in [3.63, 3.8) is 0 Å². The Kier molecular flexibility index (Phi) is 4.63. The molecule has 0 amide bonds. The zero-order valence-electron chi connectivity index (χ0n) is 10.1. The van der Waals surface area contributed by atoms with Gasteiger partial charge in [0.25, 0.3) is 0 Å². The van der Waals surface area contributed by atoms with Crippen molar-refractivity contribution in [1.29, 1.82) is 0 Å². The van der Waals surface area contributed by atoms with Crippen LogP contribution in [0.1, 0.15) is 33.3 Å². The summed E-state index contributed by atoms with van der Waals surface area (Å²) in [7, 11) is 0. The maximum atomic E-state index is 5.74. The smallest absolute Gasteiger partial charge is 0.124 e. The second-order valence-electron chi connectivity index (χ2n) is 4.31. The highest BCUT2D eigenvalue weighted by molar-refractivity contribution is 5.33. The number of para-hydroxylation sites is 1. The van der Waals surface area contributed by atoms with Gasteiger partial charge < -0.3 is 10.1 Å². The SMILES string of the molecule is CC(C)NCc1ccccc1OC(C)C. The molecule has 0 aliphatic heterocycles. The van der Waals surface area contributed by atoms with E-state index in [4.69, 9.17) is 4.74 Å². The fourth-order valence-corrected chi connectivity index (χ4v) is 1.33. The molecule has 0 aliphatic carbocycles. The molecule has 2 nitrogen and oxygen atoms in total. The highest BCUT2D eigenvalue weighted by Crippen LogP contribution is 2.19. The van der Waals surface area contributed by atoms with Crippen molar-refractivity contribution in [3.05, 3.63) is 29.8 Å². The standard InChI is InChI=1S/C13H21NO/c1-10(2)14-9-12-7-5-6-8-13(12)15-11(3)4/h5-8,10-11,14H,9H2,1-4H3. The molecule has 1 aromatic rings. The van der Waals surface area contributed by atoms with Gasteiger partial charge in [0.15, 0.2) is 0 Å². The maximum absolute atomic E-state index is 5.74. The molecule has 0 saturated carbocycles. The van der Waals surface area contributed by atoms with Gasteiger partial charge in [-0.3, -0.25) is 0 Å². The number of rotatable bonds is 5. The molecule has 0 unspecified atom stereocenters. The van der Waals surface area contributed by atoms with Gasteiger partial charge in [0.05, 0.1) is 6.10 Å². The van der Waals surface area contributed by atoms with E-state index in [9.17, 15) is 0 Å². The van der Waals surface area contributed by atoms with Gasteiger partial charge in [0.1, 0.15) is 5.75 Å². The van der Waals surface area contributed by atoms with E-state index in [1.807, 2.05) is 32.0 Å². The van der Waals surface area contributed by atoms with Crippen LogP contribution in [0.25, 0.3) is 0 Å². The number of ether oxygens (including phenoxy) is 1. The molecule has 0 heterocycles. The Hall–Kier alpha value is -1.02. The first-order valence-electron chi connectivity index (χ1n) is 5.57. The normalized spacial score (nSPS) is 11.1. The highest BCUT2D eigenvalue weighted by atomic mass is 16.5. The average molecular weight is 207 g/mol. The van der Waals surface area contributed by atoms with E-state index < -0.39 is 0 Å². The summed E-state index contributed by atoms with van der Waals surface area (Å²) >= 11 is 0. The molecule has 2 heteroatoms. The second kappa shape index (κ2) is 5.76. The zero-order valence-corrected chi connectivity index (χ0v) is 10.1. The molecule has 15 heavy (non-hydrogen) atoms. The van der Waals surface area contributed by atoms with Gasteiger partial charge >= 0.3 is 0 Å². The molecular weight excluding hydrogens is 186 g/mol. The van der Waals surface area contributed by atoms with E-state index in [0.29, 0.717) is 6.04 Å². The second-order valence-corrected chi connectivity index (χ2v) is 4.31. The van der Waals surface area contributed by atoms with Crippen LogP contribution >= 0.6 is 0 Å². The van der Waals surface area contributed by atoms with E-state index >= 15 is 0 Å². The minimum Gasteiger partial charge on any atom is -0.491 e. The Morgan fingerprint density at radius 3 is 2.40 bits per heavy atom. The number of nitrogens with one attached hydrogen (secondary N) is 1. The Balaban J connectivity index is 2.68. The summed E-state index contributed by atoms with van der Waals surface area (Å²) < 4.78 is 5.74. The molecule has 1 aromatic carbocycles. The van der Waals surface area contributed by atoms with Crippen LogP contribution in [-0.4, -0.2) is 12.1 Å². The monoisotopic (exact) mass is 207 g/mol. The van der Waals surface area contributed by atoms with Gasteiger partial charge in [-0.1, -0.05) is 32.0 Å². The lowest BCUT2D eigenvalue weighted by Crippen LogP contribution is -2.22. The molecule has 1 rings (SSSR count). The predicted octanol–water partition coefficient (Wildman–Crippen LogP) is 2.97. The maximum Gasteiger partial charge on any atom is 0.124 e. The fourth-order valence-electron chi connectivity index (χ4n) is 1.33. The lowest BCUT2D eigenvalue weighted by atomic mass is 10.2. The third kappa shape index (κ3) is 4.34. The molecule has 0 bridgehead atoms. The van der Waals surface area contributed by atoms with Crippen LogP contribution in [0.2, 0.25) is 0 Å². The van der Waals surface area contributed by atoms with Gasteiger partial charge in [-0.2, -0.15) is 0 Å². The Morgan fingerprint density at radius 1 is 1.13 bits per heavy atom. The van der Waals surface area contributed by atoms with Gasteiger partial charge in [-0.15, -0.1) is 0 Å². The van der Waals surface area contributed by atoms with E-state index in [2.05, 4.69) is 25.2 Å². The summed E-state index contributed by atoms with van der Waals surface area (Å²) in [4.78, 5) is 0. The summed E-state index contributed by atoms with van der Waals surface area (Å²) in [5.41, 5.74) is 1.22. The van der Waals surface area contributed by atoms with Crippen LogP contribution in [0.3, 0.4) is 0 Å². The van der Waals surface area contributed by atoms with Crippen molar-refractivity contribution in [2.75, 3.05) is 0 Å². The Labute approximate surface area is 92.6 Å². The van der Waals surface area contributed by atoms with Crippen LogP contribution < -0.4 is 10.1 Å². The first kappa shape index (κ1) is 12.1. The molecule has 0 spiro atoms. The first-order chi connectivity index (χ1) is 7.09. The molecule has 0 saturated heterocycles. The molecule has 0 atom stereocenters. The third-order valence-electron chi connectivity index (χ3n) is 2.04. The zero-order chi connectivity index (χ0) is 11.3. The summed E-state index contributed by atoms with van der Waals surface area (Å²) in [6.45, 7) is 9.25. The van der Waals surface area contributed by atoms with Crippen molar-refractivity contribution in [3.8, 4) is 5.75 Å². The third-order valence-corrected chi connectivity index (χ3v) is 2.04. The average Bonchev–Trinajstić information content (AvgIpc) is 2.15. The van der Waals surface area contributed by atoms with Crippen molar-refractivity contribution in [1.82, 2.24) is 5.32 Å². The van der Waals surface area contributed by atoms with Crippen molar-refractivity contribution in [2.45, 2.75) is 46.4 Å². The molecule has 0 radical (unpaired) electrons. The van der Waals surface area contributed by atoms with Gasteiger partial charge in [0.2, 0.25) is 0 Å². The summed E-state index contributed by atoms with van der Waals surface area (Å²) in [6, 6.07) is 8.68. The summed E-state index contributed by atoms with van der Waals surface area (Å²) in [6.07, 6.45) is 0.227. The number of hydrogen-bond acceptors (Lipinski definition) is 2. The molecule has 0 aromatic heterocycles. The Bertz CT molecular complexity index is 294. The largest absolute Gasteiger partial charge is 0.491 e. The number of benzene rings is 1. The molecule has 84 valence electrons. The highest BCUT2D eigenvalue weighted by Gasteiger charge is 2.04. The topological polar surface area (TPSA) is 21.3 Å². The predicted molar refractivity (Wildman–Crippen MR) is 64.2 cm³/mol. The minimum atomic E-state index is 0.227. The fraction of sp³-hybridized carbons (Fsp3) is 0.538. The van der Waals surface area contributed by atoms with Gasteiger partial charge in [-0.25, -0.2) is 0 Å².